The van der Waals surface area contributed by atoms with E-state index in [-0.39, 0.29) is 24.0 Å². The molecule has 0 aliphatic carbocycles. The number of halogens is 1. The highest BCUT2D eigenvalue weighted by molar-refractivity contribution is 14.0. The summed E-state index contributed by atoms with van der Waals surface area (Å²) in [6.45, 7) is 12.7. The van der Waals surface area contributed by atoms with E-state index in [2.05, 4.69) is 48.5 Å². The highest BCUT2D eigenvalue weighted by atomic mass is 127. The largest absolute Gasteiger partial charge is 0.357 e. The van der Waals surface area contributed by atoms with Crippen LogP contribution in [0.25, 0.3) is 0 Å². The predicted octanol–water partition coefficient (Wildman–Crippen LogP) is 2.30. The number of aliphatic imine (C=N–C) groups is 1. The molecular formula is C18H32IN7. The Labute approximate surface area is 173 Å². The molecule has 0 spiro atoms. The van der Waals surface area contributed by atoms with Gasteiger partial charge < -0.3 is 10.6 Å². The van der Waals surface area contributed by atoms with Crippen LogP contribution in [0.3, 0.4) is 0 Å². The molecule has 146 valence electrons. The molecule has 0 saturated heterocycles. The molecule has 0 aliphatic heterocycles. The summed E-state index contributed by atoms with van der Waals surface area (Å²) in [5, 5.41) is 15.7. The van der Waals surface area contributed by atoms with Crippen molar-refractivity contribution in [1.29, 1.82) is 0 Å². The molecule has 26 heavy (non-hydrogen) atoms. The molecule has 2 aromatic heterocycles. The van der Waals surface area contributed by atoms with Gasteiger partial charge in [-0.25, -0.2) is 4.99 Å². The molecule has 0 aliphatic rings. The van der Waals surface area contributed by atoms with Gasteiger partial charge in [0, 0.05) is 44.1 Å². The lowest BCUT2D eigenvalue weighted by Crippen LogP contribution is -2.38. The van der Waals surface area contributed by atoms with Gasteiger partial charge in [0.15, 0.2) is 5.96 Å². The Kier molecular flexibility index (Phi) is 8.58. The molecule has 0 aromatic carbocycles. The van der Waals surface area contributed by atoms with E-state index in [0.29, 0.717) is 6.54 Å². The Balaban J connectivity index is 0.00000338. The van der Waals surface area contributed by atoms with E-state index in [9.17, 15) is 0 Å². The van der Waals surface area contributed by atoms with Crippen LogP contribution in [0.2, 0.25) is 0 Å². The summed E-state index contributed by atoms with van der Waals surface area (Å²) in [6, 6.07) is 0. The summed E-state index contributed by atoms with van der Waals surface area (Å²) in [5.41, 5.74) is 7.04. The highest BCUT2D eigenvalue weighted by Crippen LogP contribution is 2.13. The second kappa shape index (κ2) is 9.94. The summed E-state index contributed by atoms with van der Waals surface area (Å²) in [6.07, 6.45) is 0.931. The average molecular weight is 473 g/mol. The van der Waals surface area contributed by atoms with Crippen LogP contribution in [0.15, 0.2) is 4.99 Å². The van der Waals surface area contributed by atoms with Gasteiger partial charge in [-0.2, -0.15) is 10.2 Å². The predicted molar refractivity (Wildman–Crippen MR) is 117 cm³/mol. The van der Waals surface area contributed by atoms with Crippen molar-refractivity contribution in [2.75, 3.05) is 13.1 Å². The molecule has 0 amide bonds. The number of nitrogens with zero attached hydrogens (tertiary/aromatic N) is 5. The highest BCUT2D eigenvalue weighted by Gasteiger charge is 2.10. The van der Waals surface area contributed by atoms with Gasteiger partial charge in [0.1, 0.15) is 0 Å². The van der Waals surface area contributed by atoms with Gasteiger partial charge in [-0.1, -0.05) is 0 Å². The first kappa shape index (κ1) is 22.5. The van der Waals surface area contributed by atoms with Crippen LogP contribution in [0.5, 0.6) is 0 Å². The van der Waals surface area contributed by atoms with Crippen LogP contribution in [-0.2, 0) is 27.1 Å². The summed E-state index contributed by atoms with van der Waals surface area (Å²) in [4.78, 5) is 4.72. The fourth-order valence-corrected chi connectivity index (χ4v) is 3.03. The third kappa shape index (κ3) is 5.21. The minimum atomic E-state index is 0. The van der Waals surface area contributed by atoms with Crippen molar-refractivity contribution in [2.45, 2.75) is 47.6 Å². The zero-order valence-corrected chi connectivity index (χ0v) is 19.3. The molecule has 0 bridgehead atoms. The Hall–Kier alpha value is -1.58. The molecule has 0 atom stereocenters. The average Bonchev–Trinajstić information content (AvgIpc) is 2.94. The maximum absolute atomic E-state index is 4.72. The van der Waals surface area contributed by atoms with E-state index < -0.39 is 0 Å². The summed E-state index contributed by atoms with van der Waals surface area (Å²) in [5.74, 6) is 0.837. The maximum Gasteiger partial charge on any atom is 0.191 e. The van der Waals surface area contributed by atoms with Gasteiger partial charge in [0.2, 0.25) is 0 Å². The molecule has 2 rings (SSSR count). The van der Waals surface area contributed by atoms with Crippen molar-refractivity contribution < 1.29 is 0 Å². The van der Waals surface area contributed by atoms with Crippen molar-refractivity contribution in [3.05, 3.63) is 33.9 Å². The summed E-state index contributed by atoms with van der Waals surface area (Å²) in [7, 11) is 3.96. The van der Waals surface area contributed by atoms with Gasteiger partial charge in [-0.05, 0) is 46.6 Å². The van der Waals surface area contributed by atoms with Crippen molar-refractivity contribution >= 4 is 29.9 Å². The van der Waals surface area contributed by atoms with Crippen LogP contribution < -0.4 is 10.6 Å². The minimum absolute atomic E-state index is 0. The molecule has 0 fully saturated rings. The lowest BCUT2D eigenvalue weighted by molar-refractivity contribution is 0.728. The number of hydrogen-bond donors (Lipinski definition) is 2. The standard InChI is InChI=1S/C18H31N7.HI/c1-8-19-18(21-11-17-13(3)23-25(7)15(17)5)20-10-9-16-12(2)22-24(6)14(16)4;/h8-11H2,1-7H3,(H2,19,20,21);1H. The van der Waals surface area contributed by atoms with E-state index in [4.69, 9.17) is 4.99 Å². The molecule has 2 aromatic rings. The Morgan fingerprint density at radius 2 is 1.46 bits per heavy atom. The fourth-order valence-electron chi connectivity index (χ4n) is 3.03. The molecule has 2 N–H and O–H groups in total. The Morgan fingerprint density at radius 1 is 0.923 bits per heavy atom. The van der Waals surface area contributed by atoms with Crippen molar-refractivity contribution in [3.63, 3.8) is 0 Å². The minimum Gasteiger partial charge on any atom is -0.357 e. The van der Waals surface area contributed by atoms with Crippen LogP contribution in [-0.4, -0.2) is 38.6 Å². The second-order valence-corrected chi connectivity index (χ2v) is 6.42. The van der Waals surface area contributed by atoms with Crippen molar-refractivity contribution in [3.8, 4) is 0 Å². The molecule has 0 radical (unpaired) electrons. The smallest absolute Gasteiger partial charge is 0.191 e. The Morgan fingerprint density at radius 3 is 1.92 bits per heavy atom. The lowest BCUT2D eigenvalue weighted by atomic mass is 10.1. The maximum atomic E-state index is 4.72. The van der Waals surface area contributed by atoms with Gasteiger partial charge in [-0.3, -0.25) is 9.36 Å². The number of guanidine groups is 1. The quantitative estimate of drug-likeness (QED) is 0.384. The number of hydrogen-bond acceptors (Lipinski definition) is 3. The third-order valence-corrected chi connectivity index (χ3v) is 4.72. The lowest BCUT2D eigenvalue weighted by Gasteiger charge is -2.11. The van der Waals surface area contributed by atoms with Gasteiger partial charge in [0.25, 0.3) is 0 Å². The number of rotatable bonds is 6. The monoisotopic (exact) mass is 473 g/mol. The van der Waals surface area contributed by atoms with Gasteiger partial charge in [-0.15, -0.1) is 24.0 Å². The molecule has 2 heterocycles. The van der Waals surface area contributed by atoms with Crippen LogP contribution in [0.4, 0.5) is 0 Å². The SMILES string of the molecule is CCNC(=NCc1c(C)nn(C)c1C)NCCc1c(C)nn(C)c1C.I. The number of nitrogens with one attached hydrogen (secondary N) is 2. The molecule has 0 saturated carbocycles. The van der Waals surface area contributed by atoms with E-state index in [1.807, 2.05) is 30.4 Å². The molecule has 7 nitrogen and oxygen atoms in total. The molecular weight excluding hydrogens is 441 g/mol. The van der Waals surface area contributed by atoms with Gasteiger partial charge >= 0.3 is 0 Å². The van der Waals surface area contributed by atoms with Crippen molar-refractivity contribution in [2.24, 2.45) is 19.1 Å². The molecule has 8 heteroatoms. The Bertz CT molecular complexity index is 758. The number of aryl methyl sites for hydroxylation is 4. The molecule has 0 unspecified atom stereocenters. The second-order valence-electron chi connectivity index (χ2n) is 6.42. The first-order valence-corrected chi connectivity index (χ1v) is 8.85. The van der Waals surface area contributed by atoms with E-state index in [1.165, 1.54) is 22.5 Å². The topological polar surface area (TPSA) is 72.1 Å². The van der Waals surface area contributed by atoms with E-state index in [1.54, 1.807) is 0 Å². The first-order valence-electron chi connectivity index (χ1n) is 8.85. The first-order chi connectivity index (χ1) is 11.8. The van der Waals surface area contributed by atoms with E-state index in [0.717, 1.165) is 36.9 Å². The van der Waals surface area contributed by atoms with Crippen LogP contribution in [0.1, 0.15) is 40.8 Å². The fraction of sp³-hybridized carbons (Fsp3) is 0.611. The third-order valence-electron chi connectivity index (χ3n) is 4.72. The van der Waals surface area contributed by atoms with Crippen LogP contribution >= 0.6 is 24.0 Å². The van der Waals surface area contributed by atoms with Gasteiger partial charge in [0.05, 0.1) is 17.9 Å². The number of aromatic nitrogens is 4. The summed E-state index contributed by atoms with van der Waals surface area (Å²) >= 11 is 0. The summed E-state index contributed by atoms with van der Waals surface area (Å²) < 4.78 is 3.85. The van der Waals surface area contributed by atoms with Crippen molar-refractivity contribution in [1.82, 2.24) is 30.2 Å². The van der Waals surface area contributed by atoms with Crippen LogP contribution in [0, 0.1) is 27.7 Å². The normalized spacial score (nSPS) is 11.4. The zero-order valence-electron chi connectivity index (χ0n) is 17.0. The zero-order chi connectivity index (χ0) is 18.6. The van der Waals surface area contributed by atoms with E-state index >= 15 is 0 Å².